The van der Waals surface area contributed by atoms with Crippen LogP contribution in [0.15, 0.2) is 72.3 Å². The molecule has 3 aromatic rings. The van der Waals surface area contributed by atoms with Crippen molar-refractivity contribution < 1.29 is 33.4 Å². The first-order chi connectivity index (χ1) is 21.8. The lowest BCUT2D eigenvalue weighted by Gasteiger charge is -2.50. The van der Waals surface area contributed by atoms with Gasteiger partial charge in [0.25, 0.3) is 11.8 Å². The van der Waals surface area contributed by atoms with Gasteiger partial charge >= 0.3 is 0 Å². The van der Waals surface area contributed by atoms with Gasteiger partial charge in [-0.1, -0.05) is 34.9 Å². The Morgan fingerprint density at radius 1 is 0.870 bits per heavy atom. The maximum absolute atomic E-state index is 14.4. The Labute approximate surface area is 282 Å². The number of methoxy groups -OCH3 is 1. The van der Waals surface area contributed by atoms with Crippen LogP contribution < -0.4 is 14.5 Å². The highest BCUT2D eigenvalue weighted by atomic mass is 35.5. The Hall–Kier alpha value is -3.63. The summed E-state index contributed by atoms with van der Waals surface area (Å²) in [4.78, 5) is 54.4. The standard InChI is InChI=1S/C33H23Cl4FN2O6/c1-46-24-13-15(12-23(35)27(24)41)26-20-10-11-21-25(29(43)39(28(21)42)18-6-2-16(34)3-7-18)22(20)14-32(36)30(44)40(31(45)33(26,32)37)19-8-4-17(38)5-9-19/h2-10,12-13,21-22,25-26,41H,11,14H2,1H3/t21-,22+,25-,26-,32+,33-/m0/s1. The molecule has 46 heavy (non-hydrogen) atoms. The second-order valence-corrected chi connectivity index (χ2v) is 13.9. The summed E-state index contributed by atoms with van der Waals surface area (Å²) in [6, 6.07) is 13.9. The predicted molar refractivity (Wildman–Crippen MR) is 170 cm³/mol. The van der Waals surface area contributed by atoms with E-state index < -0.39 is 62.9 Å². The van der Waals surface area contributed by atoms with Crippen LogP contribution in [0.25, 0.3) is 0 Å². The minimum absolute atomic E-state index is 0.0208. The molecule has 4 aliphatic rings. The Kier molecular flexibility index (Phi) is 7.21. The van der Waals surface area contributed by atoms with Gasteiger partial charge in [0, 0.05) is 10.9 Å². The molecule has 2 saturated heterocycles. The molecule has 2 aliphatic carbocycles. The zero-order valence-electron chi connectivity index (χ0n) is 23.8. The molecule has 1 N–H and O–H groups in total. The van der Waals surface area contributed by atoms with Gasteiger partial charge < -0.3 is 9.84 Å². The van der Waals surface area contributed by atoms with E-state index in [0.717, 1.165) is 21.9 Å². The number of carbonyl (C=O) groups excluding carboxylic acids is 4. The van der Waals surface area contributed by atoms with Crippen LogP contribution in [0, 0.1) is 23.6 Å². The average Bonchev–Trinajstić information content (AvgIpc) is 3.37. The number of carbonyl (C=O) groups is 4. The smallest absolute Gasteiger partial charge is 0.258 e. The fourth-order valence-electron chi connectivity index (χ4n) is 7.53. The number of anilines is 2. The highest BCUT2D eigenvalue weighted by Crippen LogP contribution is 2.66. The van der Waals surface area contributed by atoms with Gasteiger partial charge in [0.1, 0.15) is 5.82 Å². The summed E-state index contributed by atoms with van der Waals surface area (Å²) >= 11 is 27.2. The third-order valence-electron chi connectivity index (χ3n) is 9.58. The second kappa shape index (κ2) is 10.7. The first-order valence-corrected chi connectivity index (χ1v) is 15.8. The Bertz CT molecular complexity index is 1890. The van der Waals surface area contributed by atoms with Crippen LogP contribution in [-0.4, -0.2) is 45.6 Å². The average molecular weight is 704 g/mol. The van der Waals surface area contributed by atoms with Gasteiger partial charge in [0.05, 0.1) is 35.3 Å². The number of benzene rings is 3. The fourth-order valence-corrected chi connectivity index (χ4v) is 8.81. The number of hydrogen-bond donors (Lipinski definition) is 1. The van der Waals surface area contributed by atoms with E-state index in [2.05, 4.69) is 0 Å². The number of imide groups is 2. The summed E-state index contributed by atoms with van der Waals surface area (Å²) in [6.07, 6.45) is 1.68. The zero-order valence-corrected chi connectivity index (χ0v) is 26.9. The molecular weight excluding hydrogens is 681 g/mol. The van der Waals surface area contributed by atoms with Crippen LogP contribution in [0.2, 0.25) is 10.0 Å². The molecule has 2 heterocycles. The molecule has 2 aliphatic heterocycles. The lowest BCUT2D eigenvalue weighted by Crippen LogP contribution is -2.60. The molecule has 4 amide bonds. The van der Waals surface area contributed by atoms with Crippen molar-refractivity contribution in [1.82, 2.24) is 0 Å². The number of aromatic hydroxyl groups is 1. The molecule has 0 radical (unpaired) electrons. The zero-order chi connectivity index (χ0) is 32.9. The van der Waals surface area contributed by atoms with E-state index in [-0.39, 0.29) is 35.1 Å². The molecule has 0 spiro atoms. The van der Waals surface area contributed by atoms with Crippen molar-refractivity contribution in [3.05, 3.63) is 93.7 Å². The first-order valence-electron chi connectivity index (χ1n) is 14.3. The van der Waals surface area contributed by atoms with Crippen molar-refractivity contribution >= 4 is 81.4 Å². The lowest BCUT2D eigenvalue weighted by molar-refractivity contribution is -0.125. The number of alkyl halides is 2. The third-order valence-corrected chi connectivity index (χ3v) is 11.5. The van der Waals surface area contributed by atoms with Crippen LogP contribution in [0.4, 0.5) is 15.8 Å². The first kappa shape index (κ1) is 31.0. The Balaban J connectivity index is 1.42. The van der Waals surface area contributed by atoms with E-state index >= 15 is 0 Å². The quantitative estimate of drug-likeness (QED) is 0.186. The van der Waals surface area contributed by atoms with E-state index in [1.165, 1.54) is 31.4 Å². The van der Waals surface area contributed by atoms with E-state index in [9.17, 15) is 28.7 Å². The summed E-state index contributed by atoms with van der Waals surface area (Å²) in [7, 11) is 1.32. The number of rotatable bonds is 4. The molecule has 0 unspecified atom stereocenters. The molecular formula is C33H23Cl4FN2O6. The van der Waals surface area contributed by atoms with Gasteiger partial charge in [-0.25, -0.2) is 9.29 Å². The van der Waals surface area contributed by atoms with Crippen LogP contribution in [0.1, 0.15) is 24.3 Å². The summed E-state index contributed by atoms with van der Waals surface area (Å²) in [5, 5.41) is 10.8. The molecule has 236 valence electrons. The van der Waals surface area contributed by atoms with Gasteiger partial charge in [-0.2, -0.15) is 0 Å². The molecule has 3 fully saturated rings. The maximum Gasteiger partial charge on any atom is 0.258 e. The van der Waals surface area contributed by atoms with Crippen molar-refractivity contribution in [1.29, 1.82) is 0 Å². The number of hydrogen-bond acceptors (Lipinski definition) is 6. The van der Waals surface area contributed by atoms with Gasteiger partial charge in [-0.05, 0) is 85.0 Å². The molecule has 6 atom stereocenters. The summed E-state index contributed by atoms with van der Waals surface area (Å²) in [5.74, 6) is -7.21. The maximum atomic E-state index is 14.4. The number of phenolic OH excluding ortho intramolecular Hbond substituents is 1. The van der Waals surface area contributed by atoms with Crippen molar-refractivity contribution in [3.63, 3.8) is 0 Å². The second-order valence-electron chi connectivity index (χ2n) is 11.8. The SMILES string of the molecule is COc1cc([C@H]2C3=CC[C@@H]4C(=O)N(c5ccc(Cl)cc5)C(=O)[C@@H]4[C@@H]3C[C@@]3(Cl)C(=O)N(c4ccc(F)cc4)C(=O)[C@@]23Cl)cc(Cl)c1O. The van der Waals surface area contributed by atoms with Crippen molar-refractivity contribution in [2.45, 2.75) is 28.5 Å². The van der Waals surface area contributed by atoms with Crippen LogP contribution in [-0.2, 0) is 19.2 Å². The van der Waals surface area contributed by atoms with E-state index in [1.54, 1.807) is 30.3 Å². The summed E-state index contributed by atoms with van der Waals surface area (Å²) in [6.45, 7) is 0. The number of ether oxygens (including phenoxy) is 1. The largest absolute Gasteiger partial charge is 0.503 e. The van der Waals surface area contributed by atoms with Gasteiger partial charge in [0.15, 0.2) is 21.2 Å². The minimum atomic E-state index is -2.16. The van der Waals surface area contributed by atoms with E-state index in [4.69, 9.17) is 51.1 Å². The van der Waals surface area contributed by atoms with E-state index in [0.29, 0.717) is 21.8 Å². The number of halogens is 5. The van der Waals surface area contributed by atoms with Crippen LogP contribution in [0.5, 0.6) is 11.5 Å². The van der Waals surface area contributed by atoms with Gasteiger partial charge in [-0.3, -0.25) is 24.1 Å². The molecule has 3 aromatic carbocycles. The third kappa shape index (κ3) is 4.11. The number of nitrogens with zero attached hydrogens (tertiary/aromatic N) is 2. The van der Waals surface area contributed by atoms with Crippen molar-refractivity contribution in [3.8, 4) is 11.5 Å². The van der Waals surface area contributed by atoms with Gasteiger partial charge in [0.2, 0.25) is 11.8 Å². The van der Waals surface area contributed by atoms with Gasteiger partial charge in [-0.15, -0.1) is 23.2 Å². The Morgan fingerprint density at radius 3 is 2.15 bits per heavy atom. The Morgan fingerprint density at radius 2 is 1.50 bits per heavy atom. The summed E-state index contributed by atoms with van der Waals surface area (Å²) in [5.41, 5.74) is 1.22. The number of fused-ring (bicyclic) bond motifs is 4. The monoisotopic (exact) mass is 702 g/mol. The molecule has 7 rings (SSSR count). The highest BCUT2D eigenvalue weighted by Gasteiger charge is 2.76. The van der Waals surface area contributed by atoms with Crippen LogP contribution in [0.3, 0.4) is 0 Å². The highest BCUT2D eigenvalue weighted by molar-refractivity contribution is 6.58. The molecule has 0 bridgehead atoms. The lowest BCUT2D eigenvalue weighted by atomic mass is 9.56. The molecule has 0 aromatic heterocycles. The van der Waals surface area contributed by atoms with Crippen LogP contribution >= 0.6 is 46.4 Å². The fraction of sp³-hybridized carbons (Fsp3) is 0.273. The van der Waals surface area contributed by atoms with Crippen molar-refractivity contribution in [2.24, 2.45) is 17.8 Å². The molecule has 8 nitrogen and oxygen atoms in total. The summed E-state index contributed by atoms with van der Waals surface area (Å²) < 4.78 is 19.2. The number of amides is 4. The number of phenols is 1. The predicted octanol–water partition coefficient (Wildman–Crippen LogP) is 6.61. The minimum Gasteiger partial charge on any atom is -0.503 e. The molecule has 1 saturated carbocycles. The normalized spacial score (nSPS) is 30.3. The topological polar surface area (TPSA) is 104 Å². The molecule has 13 heteroatoms. The van der Waals surface area contributed by atoms with Crippen molar-refractivity contribution in [2.75, 3.05) is 16.9 Å². The van der Waals surface area contributed by atoms with E-state index in [1.807, 2.05) is 0 Å². The number of allylic oxidation sites excluding steroid dienone is 2.